The number of ether oxygens (including phenoxy) is 2. The van der Waals surface area contributed by atoms with E-state index in [-0.39, 0.29) is 12.1 Å². The van der Waals surface area contributed by atoms with Crippen molar-refractivity contribution in [3.8, 4) is 11.6 Å². The predicted molar refractivity (Wildman–Crippen MR) is 93.9 cm³/mol. The second-order valence-electron chi connectivity index (χ2n) is 5.74. The monoisotopic (exact) mass is 342 g/mol. The largest absolute Gasteiger partial charge is 0.494 e. The van der Waals surface area contributed by atoms with Crippen molar-refractivity contribution in [3.63, 3.8) is 0 Å². The van der Waals surface area contributed by atoms with Gasteiger partial charge in [-0.3, -0.25) is 0 Å². The molecule has 1 fully saturated rings. The van der Waals surface area contributed by atoms with Gasteiger partial charge >= 0.3 is 6.03 Å². The van der Waals surface area contributed by atoms with Gasteiger partial charge in [0.1, 0.15) is 18.2 Å². The quantitative estimate of drug-likeness (QED) is 0.904. The fourth-order valence-corrected chi connectivity index (χ4v) is 2.70. The summed E-state index contributed by atoms with van der Waals surface area (Å²) in [5.41, 5.74) is 0.757. The van der Waals surface area contributed by atoms with Crippen LogP contribution in [0.1, 0.15) is 19.8 Å². The van der Waals surface area contributed by atoms with E-state index in [1.54, 1.807) is 17.2 Å². The molecule has 1 saturated heterocycles. The van der Waals surface area contributed by atoms with Crippen molar-refractivity contribution in [2.45, 2.75) is 25.9 Å². The highest BCUT2D eigenvalue weighted by Gasteiger charge is 2.24. The second kappa shape index (κ2) is 8.32. The van der Waals surface area contributed by atoms with Crippen LogP contribution in [0.2, 0.25) is 0 Å². The number of amides is 2. The Labute approximate surface area is 147 Å². The lowest BCUT2D eigenvalue weighted by atomic mass is 10.1. The van der Waals surface area contributed by atoms with Gasteiger partial charge in [0.15, 0.2) is 0 Å². The van der Waals surface area contributed by atoms with Gasteiger partial charge < -0.3 is 19.7 Å². The molecule has 0 atom stereocenters. The van der Waals surface area contributed by atoms with Gasteiger partial charge in [-0.05, 0) is 31.2 Å². The molecule has 7 nitrogen and oxygen atoms in total. The second-order valence-corrected chi connectivity index (χ2v) is 5.74. The van der Waals surface area contributed by atoms with Crippen molar-refractivity contribution in [2.75, 3.05) is 25.0 Å². The molecule has 0 bridgehead atoms. The van der Waals surface area contributed by atoms with Crippen molar-refractivity contribution in [1.29, 1.82) is 0 Å². The normalized spacial score (nSPS) is 14.8. The summed E-state index contributed by atoms with van der Waals surface area (Å²) in [6.07, 6.45) is 4.75. The first-order chi connectivity index (χ1) is 12.2. The van der Waals surface area contributed by atoms with Gasteiger partial charge in [-0.15, -0.1) is 0 Å². The molecule has 2 aromatic rings. The van der Waals surface area contributed by atoms with Crippen molar-refractivity contribution in [3.05, 3.63) is 42.9 Å². The number of benzene rings is 1. The van der Waals surface area contributed by atoms with Crippen LogP contribution in [0.4, 0.5) is 10.5 Å². The molecule has 1 N–H and O–H groups in total. The van der Waals surface area contributed by atoms with E-state index >= 15 is 0 Å². The molecule has 1 aromatic carbocycles. The van der Waals surface area contributed by atoms with Crippen LogP contribution in [0.15, 0.2) is 42.9 Å². The molecule has 7 heteroatoms. The van der Waals surface area contributed by atoms with Gasteiger partial charge in [-0.1, -0.05) is 0 Å². The average Bonchev–Trinajstić information content (AvgIpc) is 2.65. The minimum atomic E-state index is -0.0929. The lowest BCUT2D eigenvalue weighted by molar-refractivity contribution is 0.111. The summed E-state index contributed by atoms with van der Waals surface area (Å²) in [6.45, 7) is 3.86. The smallest absolute Gasteiger partial charge is 0.321 e. The minimum absolute atomic E-state index is 0.0735. The van der Waals surface area contributed by atoms with Crippen molar-refractivity contribution < 1.29 is 14.3 Å². The van der Waals surface area contributed by atoms with Crippen LogP contribution in [0.25, 0.3) is 0 Å². The fraction of sp³-hybridized carbons (Fsp3) is 0.389. The van der Waals surface area contributed by atoms with Crippen molar-refractivity contribution >= 4 is 11.7 Å². The number of hydrogen-bond acceptors (Lipinski definition) is 5. The zero-order valence-electron chi connectivity index (χ0n) is 14.2. The highest BCUT2D eigenvalue weighted by molar-refractivity contribution is 5.89. The van der Waals surface area contributed by atoms with Gasteiger partial charge in [0.25, 0.3) is 0 Å². The molecule has 2 heterocycles. The molecule has 0 spiro atoms. The number of rotatable bonds is 5. The van der Waals surface area contributed by atoms with Crippen LogP contribution >= 0.6 is 0 Å². The van der Waals surface area contributed by atoms with Gasteiger partial charge in [-0.2, -0.15) is 0 Å². The summed E-state index contributed by atoms with van der Waals surface area (Å²) < 4.78 is 11.2. The Morgan fingerprint density at radius 1 is 1.24 bits per heavy atom. The number of aromatic nitrogens is 2. The van der Waals surface area contributed by atoms with Gasteiger partial charge in [0.05, 0.1) is 6.61 Å². The van der Waals surface area contributed by atoms with Crippen LogP contribution < -0.4 is 14.8 Å². The van der Waals surface area contributed by atoms with Crippen molar-refractivity contribution in [1.82, 2.24) is 14.9 Å². The molecule has 1 aliphatic rings. The van der Waals surface area contributed by atoms with E-state index in [0.717, 1.165) is 24.3 Å². The van der Waals surface area contributed by atoms with Crippen LogP contribution in [-0.2, 0) is 0 Å². The molecule has 1 aromatic heterocycles. The predicted octanol–water partition coefficient (Wildman–Crippen LogP) is 2.95. The lowest BCUT2D eigenvalue weighted by Gasteiger charge is -2.31. The molecule has 2 amide bonds. The van der Waals surface area contributed by atoms with Crippen LogP contribution in [0, 0.1) is 0 Å². The number of carbonyl (C=O) groups excluding carboxylic acids is 1. The van der Waals surface area contributed by atoms with E-state index in [1.165, 1.54) is 6.33 Å². The number of nitrogens with zero attached hydrogens (tertiary/aromatic N) is 3. The van der Waals surface area contributed by atoms with E-state index in [9.17, 15) is 4.79 Å². The minimum Gasteiger partial charge on any atom is -0.494 e. The van der Waals surface area contributed by atoms with E-state index < -0.39 is 0 Å². The number of carbonyl (C=O) groups is 1. The first kappa shape index (κ1) is 17.0. The molecule has 25 heavy (non-hydrogen) atoms. The van der Waals surface area contributed by atoms with E-state index in [0.29, 0.717) is 25.6 Å². The summed E-state index contributed by atoms with van der Waals surface area (Å²) in [4.78, 5) is 22.1. The maximum atomic E-state index is 12.4. The molecule has 1 aliphatic heterocycles. The molecule has 0 aliphatic carbocycles. The van der Waals surface area contributed by atoms with Crippen LogP contribution in [0.5, 0.6) is 11.6 Å². The summed E-state index contributed by atoms with van der Waals surface area (Å²) >= 11 is 0. The summed E-state index contributed by atoms with van der Waals surface area (Å²) in [5.74, 6) is 1.37. The zero-order valence-corrected chi connectivity index (χ0v) is 14.2. The van der Waals surface area contributed by atoms with E-state index in [2.05, 4.69) is 15.3 Å². The standard InChI is InChI=1S/C18H22N4O3/c1-2-24-15-5-3-14(4-6-15)21-18(23)22-11-8-16(9-12-22)25-17-7-10-19-13-20-17/h3-7,10,13,16H,2,8-9,11-12H2,1H3,(H,21,23). The fourth-order valence-electron chi connectivity index (χ4n) is 2.70. The molecule has 0 unspecified atom stereocenters. The maximum Gasteiger partial charge on any atom is 0.321 e. The third kappa shape index (κ3) is 4.82. The number of piperidine rings is 1. The molecule has 0 radical (unpaired) electrons. The summed E-state index contributed by atoms with van der Waals surface area (Å²) in [5, 5.41) is 2.92. The Morgan fingerprint density at radius 3 is 2.64 bits per heavy atom. The first-order valence-corrected chi connectivity index (χ1v) is 8.46. The van der Waals surface area contributed by atoms with Crippen LogP contribution in [0.3, 0.4) is 0 Å². The summed E-state index contributed by atoms with van der Waals surface area (Å²) in [6, 6.07) is 9.03. The topological polar surface area (TPSA) is 76.6 Å². The lowest BCUT2D eigenvalue weighted by Crippen LogP contribution is -2.43. The third-order valence-electron chi connectivity index (χ3n) is 3.99. The molecule has 0 saturated carbocycles. The molecule has 3 rings (SSSR count). The Bertz CT molecular complexity index is 670. The zero-order chi connectivity index (χ0) is 17.5. The van der Waals surface area contributed by atoms with Gasteiger partial charge in [0.2, 0.25) is 5.88 Å². The Morgan fingerprint density at radius 2 is 2.00 bits per heavy atom. The number of nitrogens with one attached hydrogen (secondary N) is 1. The van der Waals surface area contributed by atoms with E-state index in [4.69, 9.17) is 9.47 Å². The maximum absolute atomic E-state index is 12.4. The number of likely N-dealkylation sites (tertiary alicyclic amines) is 1. The first-order valence-electron chi connectivity index (χ1n) is 8.46. The molecular formula is C18H22N4O3. The summed E-state index contributed by atoms with van der Waals surface area (Å²) in [7, 11) is 0. The Hall–Kier alpha value is -2.83. The third-order valence-corrected chi connectivity index (χ3v) is 3.99. The van der Waals surface area contributed by atoms with Gasteiger partial charge in [-0.25, -0.2) is 14.8 Å². The Balaban J connectivity index is 1.46. The number of anilines is 1. The number of urea groups is 1. The highest BCUT2D eigenvalue weighted by atomic mass is 16.5. The number of hydrogen-bond donors (Lipinski definition) is 1. The average molecular weight is 342 g/mol. The molecular weight excluding hydrogens is 320 g/mol. The molecule has 132 valence electrons. The SMILES string of the molecule is CCOc1ccc(NC(=O)N2CCC(Oc3ccncn3)CC2)cc1. The van der Waals surface area contributed by atoms with E-state index in [1.807, 2.05) is 31.2 Å². The Kier molecular flexibility index (Phi) is 5.66. The van der Waals surface area contributed by atoms with Crippen molar-refractivity contribution in [2.24, 2.45) is 0 Å². The van der Waals surface area contributed by atoms with Gasteiger partial charge in [0, 0.05) is 43.9 Å². The van der Waals surface area contributed by atoms with Crippen LogP contribution in [-0.4, -0.2) is 46.7 Å². The highest BCUT2D eigenvalue weighted by Crippen LogP contribution is 2.19.